The van der Waals surface area contributed by atoms with Crippen LogP contribution in [0.3, 0.4) is 0 Å². The molecule has 30 heavy (non-hydrogen) atoms. The van der Waals surface area contributed by atoms with Gasteiger partial charge in [0.25, 0.3) is 5.91 Å². The smallest absolute Gasteiger partial charge is 0.270 e. The Bertz CT molecular complexity index is 722. The first-order chi connectivity index (χ1) is 14.8. The molecule has 0 aromatic carbocycles. The summed E-state index contributed by atoms with van der Waals surface area (Å²) in [6, 6.07) is 7.86. The van der Waals surface area contributed by atoms with Gasteiger partial charge >= 0.3 is 0 Å². The zero-order valence-corrected chi connectivity index (χ0v) is 18.3. The summed E-state index contributed by atoms with van der Waals surface area (Å²) >= 11 is 0. The molecule has 0 spiro atoms. The van der Waals surface area contributed by atoms with Gasteiger partial charge < -0.3 is 15.1 Å². The van der Waals surface area contributed by atoms with Crippen LogP contribution < -0.4 is 10.2 Å². The monoisotopic (exact) mass is 411 g/mol. The van der Waals surface area contributed by atoms with Gasteiger partial charge in [-0.25, -0.2) is 4.98 Å². The maximum Gasteiger partial charge on any atom is 0.270 e. The molecule has 2 saturated carbocycles. The van der Waals surface area contributed by atoms with Crippen LogP contribution in [0, 0.1) is 0 Å². The number of piperidine rings is 1. The highest BCUT2D eigenvalue weighted by Gasteiger charge is 2.30. The molecule has 6 heteroatoms. The number of carbonyl (C=O) groups is 1. The van der Waals surface area contributed by atoms with Crippen LogP contribution >= 0.6 is 0 Å². The number of aromatic nitrogens is 1. The fraction of sp³-hybridized carbons (Fsp3) is 0.750. The molecule has 2 aliphatic heterocycles. The second kappa shape index (κ2) is 9.23. The summed E-state index contributed by atoms with van der Waals surface area (Å²) in [5.41, 5.74) is 0.555. The van der Waals surface area contributed by atoms with E-state index in [1.165, 1.54) is 64.6 Å². The molecule has 1 aromatic heterocycles. The van der Waals surface area contributed by atoms with Crippen LogP contribution in [0.25, 0.3) is 0 Å². The fourth-order valence-electron chi connectivity index (χ4n) is 5.63. The number of anilines is 1. The van der Waals surface area contributed by atoms with Gasteiger partial charge in [-0.1, -0.05) is 18.9 Å². The van der Waals surface area contributed by atoms with Gasteiger partial charge in [0.15, 0.2) is 0 Å². The molecule has 1 N–H and O–H groups in total. The van der Waals surface area contributed by atoms with E-state index in [0.29, 0.717) is 11.7 Å². The zero-order chi connectivity index (χ0) is 20.3. The molecule has 3 heterocycles. The third-order valence-corrected chi connectivity index (χ3v) is 7.59. The average molecular weight is 412 g/mol. The van der Waals surface area contributed by atoms with Gasteiger partial charge in [0.1, 0.15) is 11.5 Å². The van der Waals surface area contributed by atoms with Gasteiger partial charge in [0, 0.05) is 44.3 Å². The normalized spacial score (nSPS) is 25.4. The van der Waals surface area contributed by atoms with Crippen LogP contribution in [0.2, 0.25) is 0 Å². The third kappa shape index (κ3) is 4.80. The number of pyridine rings is 1. The van der Waals surface area contributed by atoms with E-state index >= 15 is 0 Å². The Balaban J connectivity index is 1.14. The standard InChI is InChI=1S/C24H37N5O/c30-24(25-19-9-10-19)22-7-3-8-23(26-22)29-14-4-13-27(17-18-29)21-11-15-28(16-12-21)20-5-1-2-6-20/h3,7-8,19-21H,1-2,4-6,9-18H2,(H,25,30). The van der Waals surface area contributed by atoms with Crippen LogP contribution in [0.15, 0.2) is 18.2 Å². The van der Waals surface area contributed by atoms with Gasteiger partial charge in [0.2, 0.25) is 0 Å². The molecule has 164 valence electrons. The van der Waals surface area contributed by atoms with Crippen LogP contribution in [0.1, 0.15) is 68.3 Å². The molecular weight excluding hydrogens is 374 g/mol. The van der Waals surface area contributed by atoms with Crippen molar-refractivity contribution in [1.29, 1.82) is 0 Å². The summed E-state index contributed by atoms with van der Waals surface area (Å²) in [6.45, 7) is 6.90. The fourth-order valence-corrected chi connectivity index (χ4v) is 5.63. The predicted octanol–water partition coefficient (Wildman–Crippen LogP) is 2.89. The highest BCUT2D eigenvalue weighted by molar-refractivity contribution is 5.93. The molecule has 1 amide bonds. The van der Waals surface area contributed by atoms with Gasteiger partial charge in [-0.3, -0.25) is 9.69 Å². The molecule has 0 bridgehead atoms. The molecule has 2 saturated heterocycles. The van der Waals surface area contributed by atoms with E-state index in [4.69, 9.17) is 4.98 Å². The SMILES string of the molecule is O=C(NC1CC1)c1cccc(N2CCCN(C3CCN(C4CCCC4)CC3)CC2)n1. The van der Waals surface area contributed by atoms with Crippen molar-refractivity contribution >= 4 is 11.7 Å². The Morgan fingerprint density at radius 3 is 2.30 bits per heavy atom. The molecular formula is C24H37N5O. The van der Waals surface area contributed by atoms with Crippen LogP contribution in [-0.4, -0.2) is 78.1 Å². The first kappa shape index (κ1) is 20.3. The molecule has 6 nitrogen and oxygen atoms in total. The lowest BCUT2D eigenvalue weighted by atomic mass is 10.0. The summed E-state index contributed by atoms with van der Waals surface area (Å²) in [4.78, 5) is 25.0. The highest BCUT2D eigenvalue weighted by atomic mass is 16.2. The van der Waals surface area contributed by atoms with Crippen LogP contribution in [0.4, 0.5) is 5.82 Å². The largest absolute Gasteiger partial charge is 0.355 e. The number of nitrogens with one attached hydrogen (secondary N) is 1. The van der Waals surface area contributed by atoms with Crippen LogP contribution in [0.5, 0.6) is 0 Å². The van der Waals surface area contributed by atoms with Crippen molar-refractivity contribution in [1.82, 2.24) is 20.1 Å². The van der Waals surface area contributed by atoms with Gasteiger partial charge in [0.05, 0.1) is 0 Å². The summed E-state index contributed by atoms with van der Waals surface area (Å²) in [5, 5.41) is 3.05. The molecule has 1 aromatic rings. The van der Waals surface area contributed by atoms with E-state index in [1.54, 1.807) is 0 Å². The number of nitrogens with zero attached hydrogens (tertiary/aromatic N) is 4. The molecule has 0 radical (unpaired) electrons. The Morgan fingerprint density at radius 1 is 0.800 bits per heavy atom. The lowest BCUT2D eigenvalue weighted by molar-refractivity contribution is 0.0884. The quantitative estimate of drug-likeness (QED) is 0.807. The Labute approximate surface area is 181 Å². The second-order valence-electron chi connectivity index (χ2n) is 9.71. The topological polar surface area (TPSA) is 51.7 Å². The average Bonchev–Trinajstić information content (AvgIpc) is 3.50. The van der Waals surface area contributed by atoms with E-state index in [0.717, 1.165) is 50.4 Å². The number of likely N-dealkylation sites (tertiary alicyclic amines) is 1. The second-order valence-corrected chi connectivity index (χ2v) is 9.71. The van der Waals surface area contributed by atoms with Crippen LogP contribution in [-0.2, 0) is 0 Å². The molecule has 0 atom stereocenters. The number of amides is 1. The summed E-state index contributed by atoms with van der Waals surface area (Å²) in [5.74, 6) is 0.932. The van der Waals surface area contributed by atoms with Crippen molar-refractivity contribution in [3.05, 3.63) is 23.9 Å². The van der Waals surface area contributed by atoms with E-state index < -0.39 is 0 Å². The van der Waals surface area contributed by atoms with Gasteiger partial charge in [-0.05, 0) is 70.2 Å². The Kier molecular flexibility index (Phi) is 6.23. The summed E-state index contributed by atoms with van der Waals surface area (Å²) < 4.78 is 0. The first-order valence-electron chi connectivity index (χ1n) is 12.3. The van der Waals surface area contributed by atoms with E-state index in [1.807, 2.05) is 12.1 Å². The molecule has 4 aliphatic rings. The molecule has 4 fully saturated rings. The predicted molar refractivity (Wildman–Crippen MR) is 120 cm³/mol. The van der Waals surface area contributed by atoms with Crippen molar-refractivity contribution in [3.63, 3.8) is 0 Å². The number of carbonyl (C=O) groups excluding carboxylic acids is 1. The minimum absolute atomic E-state index is 0.0233. The minimum atomic E-state index is -0.0233. The summed E-state index contributed by atoms with van der Waals surface area (Å²) in [6.07, 6.45) is 11.7. The number of rotatable bonds is 5. The number of hydrogen-bond acceptors (Lipinski definition) is 5. The van der Waals surface area contributed by atoms with Gasteiger partial charge in [-0.2, -0.15) is 0 Å². The van der Waals surface area contributed by atoms with Crippen molar-refractivity contribution in [3.8, 4) is 0 Å². The third-order valence-electron chi connectivity index (χ3n) is 7.59. The van der Waals surface area contributed by atoms with E-state index in [-0.39, 0.29) is 5.91 Å². The summed E-state index contributed by atoms with van der Waals surface area (Å²) in [7, 11) is 0. The molecule has 5 rings (SSSR count). The van der Waals surface area contributed by atoms with Crippen molar-refractivity contribution in [2.75, 3.05) is 44.2 Å². The van der Waals surface area contributed by atoms with Gasteiger partial charge in [-0.15, -0.1) is 0 Å². The Morgan fingerprint density at radius 2 is 1.53 bits per heavy atom. The zero-order valence-electron chi connectivity index (χ0n) is 18.3. The van der Waals surface area contributed by atoms with Crippen molar-refractivity contribution in [2.45, 2.75) is 75.9 Å². The molecule has 0 unspecified atom stereocenters. The molecule has 2 aliphatic carbocycles. The maximum atomic E-state index is 12.4. The van der Waals surface area contributed by atoms with Crippen molar-refractivity contribution in [2.24, 2.45) is 0 Å². The van der Waals surface area contributed by atoms with Crippen molar-refractivity contribution < 1.29 is 4.79 Å². The lowest BCUT2D eigenvalue weighted by Gasteiger charge is -2.40. The first-order valence-corrected chi connectivity index (χ1v) is 12.3. The van der Waals surface area contributed by atoms with E-state index in [2.05, 4.69) is 26.1 Å². The Hall–Kier alpha value is -1.66. The number of hydrogen-bond donors (Lipinski definition) is 1. The lowest BCUT2D eigenvalue weighted by Crippen LogP contribution is -2.48. The van der Waals surface area contributed by atoms with E-state index in [9.17, 15) is 4.79 Å². The minimum Gasteiger partial charge on any atom is -0.355 e. The maximum absolute atomic E-state index is 12.4. The highest BCUT2D eigenvalue weighted by Crippen LogP contribution is 2.28.